The summed E-state index contributed by atoms with van der Waals surface area (Å²) >= 11 is 12.3. The van der Waals surface area contributed by atoms with E-state index in [0.717, 1.165) is 11.1 Å². The first kappa shape index (κ1) is 21.8. The quantitative estimate of drug-likeness (QED) is 0.393. The van der Waals surface area contributed by atoms with Gasteiger partial charge in [-0.25, -0.2) is 4.39 Å². The molecule has 0 N–H and O–H groups in total. The number of carbonyl (C=O) groups is 1. The van der Waals surface area contributed by atoms with E-state index in [4.69, 9.17) is 42.1 Å². The van der Waals surface area contributed by atoms with Gasteiger partial charge in [0.1, 0.15) is 29.7 Å². The summed E-state index contributed by atoms with van der Waals surface area (Å²) in [6, 6.07) is 11.2. The molecule has 0 fully saturated rings. The van der Waals surface area contributed by atoms with E-state index in [9.17, 15) is 9.18 Å². The summed E-state index contributed by atoms with van der Waals surface area (Å²) in [6.45, 7) is 2.57. The maximum atomic E-state index is 14.2. The predicted molar refractivity (Wildman–Crippen MR) is 122 cm³/mol. The van der Waals surface area contributed by atoms with Gasteiger partial charge in [-0.2, -0.15) is 0 Å². The maximum Gasteiger partial charge on any atom is 0.231 e. The maximum absolute atomic E-state index is 14.2. The number of rotatable bonds is 4. The van der Waals surface area contributed by atoms with Gasteiger partial charge >= 0.3 is 0 Å². The average Bonchev–Trinajstić information content (AvgIpc) is 3.12. The van der Waals surface area contributed by atoms with Crippen LogP contribution in [0, 0.1) is 12.7 Å². The fourth-order valence-electron chi connectivity index (χ4n) is 3.82. The van der Waals surface area contributed by atoms with Crippen molar-refractivity contribution in [2.24, 2.45) is 0 Å². The summed E-state index contributed by atoms with van der Waals surface area (Å²) in [6.07, 6.45) is 1.32. The molecule has 0 saturated heterocycles. The van der Waals surface area contributed by atoms with E-state index in [-0.39, 0.29) is 35.5 Å². The van der Waals surface area contributed by atoms with Crippen molar-refractivity contribution in [3.63, 3.8) is 0 Å². The molecule has 3 aromatic carbocycles. The molecule has 33 heavy (non-hydrogen) atoms. The number of ketones is 1. The summed E-state index contributed by atoms with van der Waals surface area (Å²) in [7, 11) is 0. The summed E-state index contributed by atoms with van der Waals surface area (Å²) in [5, 5.41) is 0.746. The van der Waals surface area contributed by atoms with E-state index in [1.807, 2.05) is 0 Å². The van der Waals surface area contributed by atoms with Crippen molar-refractivity contribution >= 4 is 35.1 Å². The summed E-state index contributed by atoms with van der Waals surface area (Å²) < 4.78 is 36.9. The Labute approximate surface area is 199 Å². The minimum atomic E-state index is -0.541. The van der Waals surface area contributed by atoms with Gasteiger partial charge in [0.2, 0.25) is 5.78 Å². The van der Waals surface area contributed by atoms with Crippen LogP contribution >= 0.6 is 23.2 Å². The van der Waals surface area contributed by atoms with Crippen LogP contribution in [0.15, 0.2) is 48.2 Å². The molecule has 0 unspecified atom stereocenters. The third-order valence-electron chi connectivity index (χ3n) is 5.45. The van der Waals surface area contributed by atoms with Crippen LogP contribution in [-0.2, 0) is 18.0 Å². The molecular formula is C25H17Cl2FO5. The molecule has 0 aliphatic carbocycles. The highest BCUT2D eigenvalue weighted by Crippen LogP contribution is 2.40. The highest BCUT2D eigenvalue weighted by atomic mass is 35.5. The van der Waals surface area contributed by atoms with Crippen molar-refractivity contribution in [2.75, 3.05) is 6.79 Å². The first-order valence-electron chi connectivity index (χ1n) is 10.1. The molecule has 2 aliphatic rings. The third kappa shape index (κ3) is 4.06. The van der Waals surface area contributed by atoms with Crippen LogP contribution in [-0.4, -0.2) is 12.6 Å². The van der Waals surface area contributed by atoms with Crippen molar-refractivity contribution in [2.45, 2.75) is 20.1 Å². The normalized spacial score (nSPS) is 15.6. The van der Waals surface area contributed by atoms with Crippen LogP contribution < -0.4 is 14.2 Å². The second-order valence-corrected chi connectivity index (χ2v) is 8.44. The molecule has 5 nitrogen and oxygen atoms in total. The number of carbonyl (C=O) groups excluding carboxylic acids is 1. The van der Waals surface area contributed by atoms with Crippen molar-refractivity contribution in [1.82, 2.24) is 0 Å². The number of hydrogen-bond donors (Lipinski definition) is 0. The molecule has 3 aromatic rings. The number of fused-ring (bicyclic) bond motifs is 2. The third-order valence-corrected chi connectivity index (χ3v) is 5.99. The lowest BCUT2D eigenvalue weighted by Crippen LogP contribution is -2.14. The predicted octanol–water partition coefficient (Wildman–Crippen LogP) is 6.50. The summed E-state index contributed by atoms with van der Waals surface area (Å²) in [5.74, 6) is 0.704. The zero-order chi connectivity index (χ0) is 23.1. The smallest absolute Gasteiger partial charge is 0.231 e. The lowest BCUT2D eigenvalue weighted by atomic mass is 10.1. The molecule has 0 spiro atoms. The minimum Gasteiger partial charge on any atom is -0.488 e. The van der Waals surface area contributed by atoms with Gasteiger partial charge in [0, 0.05) is 27.3 Å². The Morgan fingerprint density at radius 1 is 1.15 bits per heavy atom. The molecule has 2 heterocycles. The first-order chi connectivity index (χ1) is 15.9. The molecule has 168 valence electrons. The van der Waals surface area contributed by atoms with Gasteiger partial charge < -0.3 is 18.9 Å². The second-order valence-electron chi connectivity index (χ2n) is 7.59. The van der Waals surface area contributed by atoms with Gasteiger partial charge in [0.25, 0.3) is 0 Å². The largest absolute Gasteiger partial charge is 0.488 e. The number of ether oxygens (including phenoxy) is 4. The van der Waals surface area contributed by atoms with E-state index in [1.54, 1.807) is 37.3 Å². The fraction of sp³-hybridized carbons (Fsp3) is 0.160. The fourth-order valence-corrected chi connectivity index (χ4v) is 4.30. The molecule has 0 atom stereocenters. The molecule has 0 bridgehead atoms. The Bertz CT molecular complexity index is 1300. The number of halogens is 3. The van der Waals surface area contributed by atoms with E-state index in [2.05, 4.69) is 0 Å². The SMILES string of the molecule is Cc1c(OCc2cc(Cl)cc3c2OCOC3)ccc2c1O/C(=C\c1c(F)cccc1Cl)C2=O. The molecule has 0 aromatic heterocycles. The number of benzene rings is 3. The monoisotopic (exact) mass is 486 g/mol. The Balaban J connectivity index is 1.41. The highest BCUT2D eigenvalue weighted by molar-refractivity contribution is 6.32. The lowest BCUT2D eigenvalue weighted by molar-refractivity contribution is -0.0175. The summed E-state index contributed by atoms with van der Waals surface area (Å²) in [5.41, 5.74) is 2.75. The zero-order valence-electron chi connectivity index (χ0n) is 17.4. The van der Waals surface area contributed by atoms with Crippen LogP contribution in [0.5, 0.6) is 17.2 Å². The van der Waals surface area contributed by atoms with E-state index in [1.165, 1.54) is 18.2 Å². The second kappa shape index (κ2) is 8.71. The Kier molecular flexibility index (Phi) is 5.74. The van der Waals surface area contributed by atoms with Gasteiger partial charge in [-0.3, -0.25) is 4.79 Å². The van der Waals surface area contributed by atoms with Crippen LogP contribution in [0.4, 0.5) is 4.39 Å². The van der Waals surface area contributed by atoms with Crippen LogP contribution in [0.25, 0.3) is 6.08 Å². The van der Waals surface area contributed by atoms with Crippen molar-refractivity contribution < 1.29 is 28.1 Å². The zero-order valence-corrected chi connectivity index (χ0v) is 18.9. The summed E-state index contributed by atoms with van der Waals surface area (Å²) in [4.78, 5) is 12.8. The van der Waals surface area contributed by atoms with Crippen LogP contribution in [0.3, 0.4) is 0 Å². The molecule has 0 saturated carbocycles. The van der Waals surface area contributed by atoms with Crippen molar-refractivity contribution in [3.8, 4) is 17.2 Å². The van der Waals surface area contributed by atoms with Gasteiger partial charge in [0.15, 0.2) is 12.6 Å². The molecule has 8 heteroatoms. The topological polar surface area (TPSA) is 54.0 Å². The van der Waals surface area contributed by atoms with E-state index < -0.39 is 5.82 Å². The Hall–Kier alpha value is -3.06. The molecule has 0 radical (unpaired) electrons. The van der Waals surface area contributed by atoms with Gasteiger partial charge in [-0.1, -0.05) is 29.3 Å². The number of Topliss-reactive ketones (excluding diaryl/α,β-unsaturated/α-hetero) is 1. The minimum absolute atomic E-state index is 0.00504. The number of allylic oxidation sites excluding steroid dienone is 1. The Morgan fingerprint density at radius 2 is 2.00 bits per heavy atom. The van der Waals surface area contributed by atoms with E-state index in [0.29, 0.717) is 40.0 Å². The Morgan fingerprint density at radius 3 is 2.82 bits per heavy atom. The van der Waals surface area contributed by atoms with E-state index >= 15 is 0 Å². The first-order valence-corrected chi connectivity index (χ1v) is 10.8. The molecule has 2 aliphatic heterocycles. The molecule has 5 rings (SSSR count). The highest BCUT2D eigenvalue weighted by Gasteiger charge is 2.31. The number of hydrogen-bond acceptors (Lipinski definition) is 5. The van der Waals surface area contributed by atoms with Crippen molar-refractivity contribution in [3.05, 3.63) is 91.9 Å². The van der Waals surface area contributed by atoms with Gasteiger partial charge in [-0.15, -0.1) is 0 Å². The van der Waals surface area contributed by atoms with Gasteiger partial charge in [0.05, 0.1) is 17.2 Å². The van der Waals surface area contributed by atoms with Crippen LogP contribution in [0.2, 0.25) is 10.0 Å². The lowest BCUT2D eigenvalue weighted by Gasteiger charge is -2.21. The average molecular weight is 487 g/mol. The molecule has 0 amide bonds. The standard InChI is InChI=1S/C25H17Cl2FO5/c1-13-21(31-11-15-8-16(26)7-14-10-30-12-32-25(14)15)6-5-17-23(29)22(33-24(13)17)9-18-19(27)3-2-4-20(18)28/h2-9H,10-12H2,1H3/b22-9-. The molecular weight excluding hydrogens is 470 g/mol. The van der Waals surface area contributed by atoms with Crippen molar-refractivity contribution in [1.29, 1.82) is 0 Å². The van der Waals surface area contributed by atoms with Gasteiger partial charge in [-0.05, 0) is 49.4 Å². The van der Waals surface area contributed by atoms with Crippen LogP contribution in [0.1, 0.15) is 32.6 Å².